The van der Waals surface area contributed by atoms with Crippen molar-refractivity contribution in [1.29, 1.82) is 0 Å². The second kappa shape index (κ2) is 16.6. The number of thiophene rings is 1. The quantitative estimate of drug-likeness (QED) is 0.163. The minimum absolute atomic E-state index is 0.00254. The highest BCUT2D eigenvalue weighted by Gasteiger charge is 2.58. The molecule has 8 aromatic carbocycles. The fourth-order valence-electron chi connectivity index (χ4n) is 17.2. The molecule has 81 heavy (non-hydrogen) atoms. The molecule has 2 unspecified atom stereocenters. The third-order valence-corrected chi connectivity index (χ3v) is 23.4. The Bertz CT molecular complexity index is 4220. The van der Waals surface area contributed by atoms with Crippen LogP contribution >= 0.6 is 11.3 Å². The third-order valence-electron chi connectivity index (χ3n) is 22.2. The number of hydrogen-bond acceptors (Lipinski definition) is 4. The van der Waals surface area contributed by atoms with Crippen LogP contribution in [0.5, 0.6) is 0 Å². The maximum atomic E-state index is 2.82. The first-order chi connectivity index (χ1) is 38.3. The number of aryl methyl sites for hydroxylation is 2. The zero-order valence-corrected chi connectivity index (χ0v) is 51.7. The monoisotopic (exact) mass is 1080 g/mol. The van der Waals surface area contributed by atoms with Gasteiger partial charge in [-0.25, -0.2) is 0 Å². The van der Waals surface area contributed by atoms with E-state index in [0.29, 0.717) is 0 Å². The van der Waals surface area contributed by atoms with E-state index < -0.39 is 0 Å². The highest BCUT2D eigenvalue weighted by atomic mass is 32.1. The predicted molar refractivity (Wildman–Crippen MR) is 350 cm³/mol. The first kappa shape index (κ1) is 51.3. The van der Waals surface area contributed by atoms with Gasteiger partial charge in [0.25, 0.3) is 6.71 Å². The Kier molecular flexibility index (Phi) is 10.5. The average molecular weight is 1080 g/mol. The number of fused-ring (bicyclic) bond motifs is 13. The SMILES string of the molecule is Cc1cc2c3c(c1)N(c1cccc4c1sc1ccccc14)c1cc(N4c5ccc(C(C)(C)C)cc5C5(C)CCCCC45C)ccc1B3c1cc3c(cc1N2c1cc2c(cc1C)C(C)(C)CCC2(C)C)C(C)(C)c1ccccc1C3(C)C. The van der Waals surface area contributed by atoms with Gasteiger partial charge in [-0.1, -0.05) is 181 Å². The Morgan fingerprint density at radius 1 is 0.457 bits per heavy atom. The normalized spacial score (nSPS) is 22.1. The largest absolute Gasteiger partial charge is 0.334 e. The lowest BCUT2D eigenvalue weighted by atomic mass is 9.33. The number of rotatable bonds is 3. The molecule has 408 valence electrons. The van der Waals surface area contributed by atoms with E-state index in [2.05, 4.69) is 258 Å². The zero-order chi connectivity index (χ0) is 56.5. The molecule has 2 atom stereocenters. The Labute approximate surface area is 487 Å². The molecule has 0 radical (unpaired) electrons. The minimum atomic E-state index is -0.225. The smallest absolute Gasteiger partial charge is 0.252 e. The van der Waals surface area contributed by atoms with Crippen LogP contribution in [0.15, 0.2) is 140 Å². The lowest BCUT2D eigenvalue weighted by molar-refractivity contribution is 0.195. The van der Waals surface area contributed by atoms with E-state index in [-0.39, 0.29) is 44.7 Å². The van der Waals surface area contributed by atoms with Gasteiger partial charge in [-0.3, -0.25) is 0 Å². The van der Waals surface area contributed by atoms with Crippen LogP contribution in [-0.4, -0.2) is 12.3 Å². The van der Waals surface area contributed by atoms with E-state index in [0.717, 1.165) is 6.42 Å². The molecule has 0 bridgehead atoms. The molecule has 1 fully saturated rings. The summed E-state index contributed by atoms with van der Waals surface area (Å²) in [4.78, 5) is 8.31. The number of nitrogens with zero attached hydrogens (tertiary/aromatic N) is 3. The van der Waals surface area contributed by atoms with Crippen molar-refractivity contribution in [3.8, 4) is 0 Å². The molecule has 1 aromatic heterocycles. The van der Waals surface area contributed by atoms with Crippen molar-refractivity contribution in [2.24, 2.45) is 0 Å². The predicted octanol–water partition coefficient (Wildman–Crippen LogP) is 19.1. The molecule has 1 saturated carbocycles. The van der Waals surface area contributed by atoms with Gasteiger partial charge in [0.2, 0.25) is 0 Å². The lowest BCUT2D eigenvalue weighted by Gasteiger charge is -2.51. The van der Waals surface area contributed by atoms with Crippen LogP contribution in [-0.2, 0) is 32.5 Å². The number of benzene rings is 8. The Morgan fingerprint density at radius 2 is 1.06 bits per heavy atom. The van der Waals surface area contributed by atoms with E-state index in [9.17, 15) is 0 Å². The van der Waals surface area contributed by atoms with E-state index >= 15 is 0 Å². The van der Waals surface area contributed by atoms with Gasteiger partial charge in [-0.2, -0.15) is 0 Å². The van der Waals surface area contributed by atoms with Crippen molar-refractivity contribution in [2.75, 3.05) is 14.7 Å². The molecule has 15 rings (SSSR count). The van der Waals surface area contributed by atoms with Crippen molar-refractivity contribution >= 4 is 100 Å². The summed E-state index contributed by atoms with van der Waals surface area (Å²) in [6, 6.07) is 56.5. The summed E-state index contributed by atoms with van der Waals surface area (Å²) in [6.45, 7) is 36.9. The van der Waals surface area contributed by atoms with Crippen molar-refractivity contribution in [2.45, 2.75) is 180 Å². The molecule has 3 aliphatic carbocycles. The summed E-state index contributed by atoms with van der Waals surface area (Å²) in [5, 5.41) is 2.65. The molecule has 3 aliphatic heterocycles. The molecule has 0 spiro atoms. The van der Waals surface area contributed by atoms with Gasteiger partial charge in [0.15, 0.2) is 0 Å². The highest BCUT2D eigenvalue weighted by molar-refractivity contribution is 7.26. The third kappa shape index (κ3) is 6.82. The molecule has 0 amide bonds. The summed E-state index contributed by atoms with van der Waals surface area (Å²) in [7, 11) is 0. The summed E-state index contributed by atoms with van der Waals surface area (Å²) in [5.41, 5.74) is 28.5. The number of anilines is 8. The summed E-state index contributed by atoms with van der Waals surface area (Å²) < 4.78 is 2.66. The van der Waals surface area contributed by atoms with Crippen molar-refractivity contribution in [3.63, 3.8) is 0 Å². The molecule has 5 heteroatoms. The molecular formula is C76H80BN3S. The number of hydrogen-bond donors (Lipinski definition) is 0. The van der Waals surface area contributed by atoms with Crippen LogP contribution in [0.1, 0.15) is 184 Å². The molecule has 0 N–H and O–H groups in total. The fraction of sp³-hybridized carbons (Fsp3) is 0.368. The van der Waals surface area contributed by atoms with Crippen LogP contribution in [0.3, 0.4) is 0 Å². The van der Waals surface area contributed by atoms with Gasteiger partial charge in [0, 0.05) is 71.5 Å². The van der Waals surface area contributed by atoms with Crippen molar-refractivity contribution in [1.82, 2.24) is 0 Å². The first-order valence-electron chi connectivity index (χ1n) is 30.5. The maximum Gasteiger partial charge on any atom is 0.252 e. The molecule has 9 aromatic rings. The minimum Gasteiger partial charge on any atom is -0.334 e. The first-order valence-corrected chi connectivity index (χ1v) is 31.4. The second-order valence-electron chi connectivity index (χ2n) is 29.7. The molecule has 0 saturated heterocycles. The van der Waals surface area contributed by atoms with Crippen molar-refractivity contribution < 1.29 is 0 Å². The molecule has 4 heterocycles. The average Bonchev–Trinajstić information content (AvgIpc) is 2.19. The second-order valence-corrected chi connectivity index (χ2v) is 30.7. The highest BCUT2D eigenvalue weighted by Crippen LogP contribution is 2.62. The standard InChI is InChI=1S/C76H80BN3S/c1-45-37-65-68-66(38-45)79(62-43-54-53(39-46(62)2)71(6,7)35-36-72(54,8)9)64-44-56-55(73(10,11)51-25-17-18-26-52(51)74(56,12)13)42-59(64)77(68)58-31-30-48(41-63(58)78(65)61-27-22-24-50-49-23-16-19-28-67(49)81-69(50)61)80-60-32-29-47(70(3,4)5)40-57(60)75(14)33-20-21-34-76(75,80)15/h16-19,22-32,37-44H,20-21,33-36H2,1-15H3. The van der Waals surface area contributed by atoms with Crippen molar-refractivity contribution in [3.05, 3.63) is 195 Å². The van der Waals surface area contributed by atoms with Crippen LogP contribution in [0, 0.1) is 13.8 Å². The summed E-state index contributed by atoms with van der Waals surface area (Å²) >= 11 is 1.94. The summed E-state index contributed by atoms with van der Waals surface area (Å²) in [6.07, 6.45) is 7.20. The van der Waals surface area contributed by atoms with Gasteiger partial charge in [-0.15, -0.1) is 11.3 Å². The zero-order valence-electron chi connectivity index (χ0n) is 50.8. The van der Waals surface area contributed by atoms with Crippen LogP contribution in [0.2, 0.25) is 0 Å². The van der Waals surface area contributed by atoms with E-state index in [1.807, 2.05) is 11.3 Å². The van der Waals surface area contributed by atoms with E-state index in [4.69, 9.17) is 0 Å². The summed E-state index contributed by atoms with van der Waals surface area (Å²) in [5.74, 6) is 0. The topological polar surface area (TPSA) is 9.72 Å². The maximum absolute atomic E-state index is 2.82. The Morgan fingerprint density at radius 3 is 1.77 bits per heavy atom. The molecular weight excluding hydrogens is 998 g/mol. The van der Waals surface area contributed by atoms with Crippen LogP contribution < -0.4 is 31.1 Å². The lowest BCUT2D eigenvalue weighted by Crippen LogP contribution is -2.62. The molecule has 6 aliphatic rings. The van der Waals surface area contributed by atoms with Gasteiger partial charge in [-0.05, 0) is 189 Å². The van der Waals surface area contributed by atoms with Gasteiger partial charge < -0.3 is 14.7 Å². The van der Waals surface area contributed by atoms with E-state index in [1.165, 1.54) is 170 Å². The Hall–Kier alpha value is -6.56. The fourth-order valence-corrected chi connectivity index (χ4v) is 18.4. The van der Waals surface area contributed by atoms with Crippen LogP contribution in [0.4, 0.5) is 45.5 Å². The van der Waals surface area contributed by atoms with Gasteiger partial charge in [0.05, 0.1) is 15.9 Å². The Balaban J connectivity index is 1.05. The van der Waals surface area contributed by atoms with Gasteiger partial charge in [0.1, 0.15) is 0 Å². The van der Waals surface area contributed by atoms with E-state index in [1.54, 1.807) is 0 Å². The van der Waals surface area contributed by atoms with Gasteiger partial charge >= 0.3 is 0 Å². The van der Waals surface area contributed by atoms with Crippen LogP contribution in [0.25, 0.3) is 20.2 Å². The molecule has 3 nitrogen and oxygen atoms in total.